The summed E-state index contributed by atoms with van der Waals surface area (Å²) in [4.78, 5) is 12.3. The summed E-state index contributed by atoms with van der Waals surface area (Å²) in [5, 5.41) is 7.43. The third-order valence-corrected chi connectivity index (χ3v) is 3.03. The Morgan fingerprint density at radius 3 is 2.57 bits per heavy atom. The molecule has 7 heteroatoms. The van der Waals surface area contributed by atoms with Gasteiger partial charge in [-0.2, -0.15) is 4.98 Å². The Morgan fingerprint density at radius 2 is 1.95 bits per heavy atom. The highest BCUT2D eigenvalue weighted by Gasteiger charge is 2.05. The average Bonchev–Trinajstić information content (AvgIpc) is 2.94. The number of aromatic nitrogens is 4. The highest BCUT2D eigenvalue weighted by molar-refractivity contribution is 6.29. The topological polar surface area (TPSA) is 76.7 Å². The normalized spacial score (nSPS) is 10.6. The predicted octanol–water partition coefficient (Wildman–Crippen LogP) is 3.10. The number of benzene rings is 1. The van der Waals surface area contributed by atoms with Crippen molar-refractivity contribution >= 4 is 17.4 Å². The molecule has 1 N–H and O–H groups in total. The molecule has 0 aliphatic heterocycles. The molecule has 0 saturated carbocycles. The van der Waals surface area contributed by atoms with Gasteiger partial charge in [-0.25, -0.2) is 9.97 Å². The van der Waals surface area contributed by atoms with Crippen LogP contribution in [0, 0.1) is 6.92 Å². The van der Waals surface area contributed by atoms with Crippen molar-refractivity contribution in [1.29, 1.82) is 0 Å². The third kappa shape index (κ3) is 3.35. The maximum Gasteiger partial charge on any atom is 0.223 e. The first-order valence-electron chi connectivity index (χ1n) is 6.32. The largest absolute Gasteiger partial charge is 0.365 e. The van der Waals surface area contributed by atoms with E-state index in [1.807, 2.05) is 24.3 Å². The van der Waals surface area contributed by atoms with E-state index >= 15 is 0 Å². The quantitative estimate of drug-likeness (QED) is 0.798. The molecular weight excluding hydrogens is 290 g/mol. The van der Waals surface area contributed by atoms with Gasteiger partial charge in [0.25, 0.3) is 0 Å². The van der Waals surface area contributed by atoms with E-state index in [2.05, 4.69) is 25.4 Å². The second-order valence-electron chi connectivity index (χ2n) is 4.41. The fourth-order valence-corrected chi connectivity index (χ4v) is 1.88. The lowest BCUT2D eigenvalue weighted by Gasteiger charge is -2.05. The molecule has 1 aromatic carbocycles. The van der Waals surface area contributed by atoms with Gasteiger partial charge in [0.05, 0.1) is 12.4 Å². The van der Waals surface area contributed by atoms with Crippen LogP contribution in [0.1, 0.15) is 11.5 Å². The summed E-state index contributed by atoms with van der Waals surface area (Å²) in [6.07, 6.45) is 3.10. The van der Waals surface area contributed by atoms with E-state index in [0.717, 1.165) is 11.1 Å². The molecule has 2 aromatic heterocycles. The lowest BCUT2D eigenvalue weighted by Crippen LogP contribution is -2.01. The molecule has 0 radical (unpaired) electrons. The number of nitrogens with one attached hydrogen (secondary N) is 1. The van der Waals surface area contributed by atoms with Crippen molar-refractivity contribution < 1.29 is 4.52 Å². The first-order chi connectivity index (χ1) is 10.2. The lowest BCUT2D eigenvalue weighted by molar-refractivity contribution is 0.394. The molecule has 0 aliphatic carbocycles. The molecule has 106 valence electrons. The number of aryl methyl sites for hydroxylation is 1. The summed E-state index contributed by atoms with van der Waals surface area (Å²) >= 11 is 5.69. The minimum Gasteiger partial charge on any atom is -0.365 e. The van der Waals surface area contributed by atoms with Crippen molar-refractivity contribution in [1.82, 2.24) is 20.1 Å². The van der Waals surface area contributed by atoms with Crippen LogP contribution in [-0.4, -0.2) is 20.1 Å². The van der Waals surface area contributed by atoms with Crippen LogP contribution in [0.25, 0.3) is 11.4 Å². The van der Waals surface area contributed by atoms with Crippen molar-refractivity contribution in [3.8, 4) is 11.4 Å². The van der Waals surface area contributed by atoms with Gasteiger partial charge < -0.3 is 9.84 Å². The van der Waals surface area contributed by atoms with E-state index in [1.54, 1.807) is 13.1 Å². The van der Waals surface area contributed by atoms with Gasteiger partial charge in [0, 0.05) is 19.0 Å². The van der Waals surface area contributed by atoms with E-state index < -0.39 is 0 Å². The average molecular weight is 302 g/mol. The first kappa shape index (κ1) is 13.5. The minimum absolute atomic E-state index is 0.375. The van der Waals surface area contributed by atoms with Gasteiger partial charge >= 0.3 is 0 Å². The molecule has 0 amide bonds. The second-order valence-corrected chi connectivity index (χ2v) is 4.80. The molecule has 2 heterocycles. The van der Waals surface area contributed by atoms with Gasteiger partial charge in [0.15, 0.2) is 0 Å². The molecule has 0 aliphatic rings. The van der Waals surface area contributed by atoms with Gasteiger partial charge in [-0.1, -0.05) is 41.0 Å². The van der Waals surface area contributed by atoms with Gasteiger partial charge in [-0.3, -0.25) is 0 Å². The van der Waals surface area contributed by atoms with Crippen molar-refractivity contribution in [3.63, 3.8) is 0 Å². The monoisotopic (exact) mass is 301 g/mol. The lowest BCUT2D eigenvalue weighted by atomic mass is 10.1. The third-order valence-electron chi connectivity index (χ3n) is 2.83. The van der Waals surface area contributed by atoms with Crippen LogP contribution in [0.4, 0.5) is 5.82 Å². The summed E-state index contributed by atoms with van der Waals surface area (Å²) in [7, 11) is 0. The van der Waals surface area contributed by atoms with E-state index in [1.165, 1.54) is 6.20 Å². The Kier molecular flexibility index (Phi) is 3.79. The highest BCUT2D eigenvalue weighted by Crippen LogP contribution is 2.17. The summed E-state index contributed by atoms with van der Waals surface area (Å²) in [6, 6.07) is 7.90. The Hall–Kier alpha value is -2.47. The Labute approximate surface area is 126 Å². The fraction of sp³-hybridized carbons (Fsp3) is 0.143. The molecule has 0 atom stereocenters. The first-order valence-corrected chi connectivity index (χ1v) is 6.69. The Balaban J connectivity index is 1.65. The molecule has 0 bridgehead atoms. The van der Waals surface area contributed by atoms with Crippen molar-refractivity contribution in [3.05, 3.63) is 53.3 Å². The molecular formula is C14H12ClN5O. The zero-order valence-corrected chi connectivity index (χ0v) is 12.0. The summed E-state index contributed by atoms with van der Waals surface area (Å²) < 4.78 is 4.96. The number of rotatable bonds is 4. The van der Waals surface area contributed by atoms with E-state index in [4.69, 9.17) is 16.1 Å². The maximum absolute atomic E-state index is 5.69. The summed E-state index contributed by atoms with van der Waals surface area (Å²) in [6.45, 7) is 2.41. The van der Waals surface area contributed by atoms with Crippen LogP contribution in [-0.2, 0) is 6.54 Å². The molecule has 0 spiro atoms. The molecule has 3 rings (SSSR count). The predicted molar refractivity (Wildman–Crippen MR) is 78.8 cm³/mol. The van der Waals surface area contributed by atoms with Crippen molar-refractivity contribution in [2.24, 2.45) is 0 Å². The zero-order valence-electron chi connectivity index (χ0n) is 11.2. The van der Waals surface area contributed by atoms with Crippen LogP contribution in [0.5, 0.6) is 0 Å². The van der Waals surface area contributed by atoms with E-state index in [0.29, 0.717) is 29.2 Å². The van der Waals surface area contributed by atoms with Crippen LogP contribution in [0.3, 0.4) is 0 Å². The number of anilines is 1. The van der Waals surface area contributed by atoms with Gasteiger partial charge in [-0.15, -0.1) is 0 Å². The highest BCUT2D eigenvalue weighted by atomic mass is 35.5. The number of nitrogens with zero attached hydrogens (tertiary/aromatic N) is 4. The molecule has 0 unspecified atom stereocenters. The standard InChI is InChI=1S/C14H12ClN5O/c1-9-19-14(20-21-9)11-4-2-10(3-5-11)6-17-13-8-16-12(15)7-18-13/h2-5,7-8H,6H2,1H3,(H,17,18). The summed E-state index contributed by atoms with van der Waals surface area (Å²) in [5.41, 5.74) is 2.03. The molecule has 3 aromatic rings. The molecule has 0 saturated heterocycles. The van der Waals surface area contributed by atoms with E-state index in [9.17, 15) is 0 Å². The number of hydrogen-bond donors (Lipinski definition) is 1. The fourth-order valence-electron chi connectivity index (χ4n) is 1.78. The van der Waals surface area contributed by atoms with Crippen LogP contribution in [0.15, 0.2) is 41.2 Å². The number of hydrogen-bond acceptors (Lipinski definition) is 6. The molecule has 21 heavy (non-hydrogen) atoms. The minimum atomic E-state index is 0.375. The second kappa shape index (κ2) is 5.88. The van der Waals surface area contributed by atoms with Crippen molar-refractivity contribution in [2.75, 3.05) is 5.32 Å². The SMILES string of the molecule is Cc1nc(-c2ccc(CNc3cnc(Cl)cn3)cc2)no1. The van der Waals surface area contributed by atoms with Crippen LogP contribution >= 0.6 is 11.6 Å². The van der Waals surface area contributed by atoms with Crippen LogP contribution < -0.4 is 5.32 Å². The van der Waals surface area contributed by atoms with E-state index in [-0.39, 0.29) is 0 Å². The Bertz CT molecular complexity index is 724. The van der Waals surface area contributed by atoms with Gasteiger partial charge in [0.1, 0.15) is 11.0 Å². The van der Waals surface area contributed by atoms with Crippen molar-refractivity contribution in [2.45, 2.75) is 13.5 Å². The number of halogens is 1. The zero-order chi connectivity index (χ0) is 14.7. The Morgan fingerprint density at radius 1 is 1.14 bits per heavy atom. The smallest absolute Gasteiger partial charge is 0.223 e. The van der Waals surface area contributed by atoms with Gasteiger partial charge in [0.2, 0.25) is 11.7 Å². The van der Waals surface area contributed by atoms with Crippen LogP contribution in [0.2, 0.25) is 5.15 Å². The molecule has 6 nitrogen and oxygen atoms in total. The molecule has 0 fully saturated rings. The van der Waals surface area contributed by atoms with Gasteiger partial charge in [-0.05, 0) is 5.56 Å². The summed E-state index contributed by atoms with van der Waals surface area (Å²) in [5.74, 6) is 1.82. The maximum atomic E-state index is 5.69.